The van der Waals surface area contributed by atoms with E-state index in [-0.39, 0.29) is 18.6 Å². The van der Waals surface area contributed by atoms with Gasteiger partial charge in [0.25, 0.3) is 10.2 Å². The molecule has 0 aliphatic carbocycles. The Morgan fingerprint density at radius 3 is 2.39 bits per heavy atom. The Kier molecular flexibility index (Phi) is 4.64. The first-order valence-corrected chi connectivity index (χ1v) is 8.35. The maximum Gasteiger partial charge on any atom is 0.282 e. The van der Waals surface area contributed by atoms with Crippen LogP contribution in [0.2, 0.25) is 0 Å². The highest BCUT2D eigenvalue weighted by atomic mass is 32.2. The van der Waals surface area contributed by atoms with Crippen molar-refractivity contribution in [3.63, 3.8) is 0 Å². The zero-order valence-corrected chi connectivity index (χ0v) is 11.9. The van der Waals surface area contributed by atoms with Gasteiger partial charge in [0.1, 0.15) is 0 Å². The van der Waals surface area contributed by atoms with Crippen LogP contribution in [-0.4, -0.2) is 54.4 Å². The topological polar surface area (TPSA) is 60.9 Å². The van der Waals surface area contributed by atoms with Gasteiger partial charge in [0.05, 0.1) is 12.6 Å². The minimum atomic E-state index is -3.37. The van der Waals surface area contributed by atoms with Crippen LogP contribution < -0.4 is 0 Å². The van der Waals surface area contributed by atoms with Gasteiger partial charge in [0.2, 0.25) is 0 Å². The summed E-state index contributed by atoms with van der Waals surface area (Å²) in [6.45, 7) is 3.76. The van der Waals surface area contributed by atoms with Crippen molar-refractivity contribution in [1.29, 1.82) is 0 Å². The molecule has 2 heterocycles. The lowest BCUT2D eigenvalue weighted by atomic mass is 9.93. The number of hydrogen-bond donors (Lipinski definition) is 1. The number of piperidine rings is 2. The third-order valence-electron chi connectivity index (χ3n) is 4.19. The Morgan fingerprint density at radius 2 is 1.78 bits per heavy atom. The van der Waals surface area contributed by atoms with Crippen molar-refractivity contribution in [2.24, 2.45) is 5.92 Å². The average Bonchev–Trinajstić information content (AvgIpc) is 2.39. The molecule has 0 amide bonds. The number of aliphatic hydroxyl groups is 1. The van der Waals surface area contributed by atoms with Crippen molar-refractivity contribution in [3.05, 3.63) is 0 Å². The van der Waals surface area contributed by atoms with Crippen molar-refractivity contribution in [1.82, 2.24) is 8.61 Å². The highest BCUT2D eigenvalue weighted by molar-refractivity contribution is 7.86. The molecule has 0 radical (unpaired) electrons. The summed E-state index contributed by atoms with van der Waals surface area (Å²) in [6.07, 6.45) is 4.91. The van der Waals surface area contributed by atoms with Crippen LogP contribution in [0.25, 0.3) is 0 Å². The average molecular weight is 276 g/mol. The van der Waals surface area contributed by atoms with Gasteiger partial charge < -0.3 is 5.11 Å². The highest BCUT2D eigenvalue weighted by Crippen LogP contribution is 2.28. The molecule has 1 N–H and O–H groups in total. The van der Waals surface area contributed by atoms with Gasteiger partial charge >= 0.3 is 0 Å². The molecule has 0 bridgehead atoms. The Morgan fingerprint density at radius 1 is 1.11 bits per heavy atom. The van der Waals surface area contributed by atoms with Gasteiger partial charge in [-0.15, -0.1) is 0 Å². The van der Waals surface area contributed by atoms with Crippen molar-refractivity contribution in [2.45, 2.75) is 45.1 Å². The lowest BCUT2D eigenvalue weighted by Crippen LogP contribution is -2.55. The van der Waals surface area contributed by atoms with Crippen LogP contribution in [0.1, 0.15) is 39.0 Å². The number of nitrogens with zero attached hydrogens (tertiary/aromatic N) is 2. The lowest BCUT2D eigenvalue weighted by molar-refractivity contribution is 0.106. The van der Waals surface area contributed by atoms with Gasteiger partial charge in [-0.2, -0.15) is 17.0 Å². The molecule has 0 aromatic rings. The second kappa shape index (κ2) is 5.86. The predicted octanol–water partition coefficient (Wildman–Crippen LogP) is 0.810. The van der Waals surface area contributed by atoms with Crippen LogP contribution in [0.15, 0.2) is 0 Å². The Labute approximate surface area is 110 Å². The van der Waals surface area contributed by atoms with Gasteiger partial charge in [-0.05, 0) is 31.6 Å². The van der Waals surface area contributed by atoms with Crippen molar-refractivity contribution < 1.29 is 13.5 Å². The summed E-state index contributed by atoms with van der Waals surface area (Å²) in [5, 5.41) is 9.47. The van der Waals surface area contributed by atoms with Crippen LogP contribution >= 0.6 is 0 Å². The summed E-state index contributed by atoms with van der Waals surface area (Å²) in [7, 11) is -3.37. The van der Waals surface area contributed by atoms with Crippen LogP contribution in [0.4, 0.5) is 0 Å². The Hall–Kier alpha value is -0.170. The van der Waals surface area contributed by atoms with E-state index < -0.39 is 10.2 Å². The van der Waals surface area contributed by atoms with Crippen molar-refractivity contribution in [3.8, 4) is 0 Å². The molecule has 2 fully saturated rings. The number of hydrogen-bond acceptors (Lipinski definition) is 3. The molecular formula is C12H24N2O3S. The molecule has 6 heteroatoms. The van der Waals surface area contributed by atoms with Gasteiger partial charge in [0.15, 0.2) is 0 Å². The second-order valence-electron chi connectivity index (χ2n) is 5.45. The van der Waals surface area contributed by atoms with Crippen molar-refractivity contribution in [2.75, 3.05) is 26.2 Å². The molecule has 0 aromatic heterocycles. The van der Waals surface area contributed by atoms with E-state index in [1.807, 2.05) is 6.92 Å². The molecule has 106 valence electrons. The largest absolute Gasteiger partial charge is 0.395 e. The maximum absolute atomic E-state index is 12.6. The molecule has 2 aliphatic heterocycles. The summed E-state index contributed by atoms with van der Waals surface area (Å²) in [6, 6.07) is -0.245. The fourth-order valence-electron chi connectivity index (χ4n) is 3.01. The van der Waals surface area contributed by atoms with Gasteiger partial charge in [0, 0.05) is 19.6 Å². The fraction of sp³-hybridized carbons (Fsp3) is 1.00. The van der Waals surface area contributed by atoms with Crippen LogP contribution in [-0.2, 0) is 10.2 Å². The van der Waals surface area contributed by atoms with Gasteiger partial charge in [-0.3, -0.25) is 0 Å². The minimum absolute atomic E-state index is 0.0752. The quantitative estimate of drug-likeness (QED) is 0.830. The predicted molar refractivity (Wildman–Crippen MR) is 70.3 cm³/mol. The van der Waals surface area contributed by atoms with E-state index in [0.717, 1.165) is 32.1 Å². The Bertz CT molecular complexity index is 366. The summed E-state index contributed by atoms with van der Waals surface area (Å²) in [5.74, 6) is 0.239. The number of rotatable bonds is 3. The van der Waals surface area contributed by atoms with Gasteiger partial charge in [-0.1, -0.05) is 13.3 Å². The van der Waals surface area contributed by atoms with Crippen LogP contribution in [0.5, 0.6) is 0 Å². The number of aliphatic hydroxyl groups excluding tert-OH is 1. The molecule has 0 aromatic carbocycles. The molecule has 18 heavy (non-hydrogen) atoms. The first-order chi connectivity index (χ1) is 8.57. The third-order valence-corrected chi connectivity index (χ3v) is 6.25. The third kappa shape index (κ3) is 2.71. The molecule has 2 saturated heterocycles. The lowest BCUT2D eigenvalue weighted by Gasteiger charge is -2.41. The zero-order valence-electron chi connectivity index (χ0n) is 11.1. The summed E-state index contributed by atoms with van der Waals surface area (Å²) < 4.78 is 28.3. The second-order valence-corrected chi connectivity index (χ2v) is 7.33. The summed E-state index contributed by atoms with van der Waals surface area (Å²) >= 11 is 0. The molecule has 0 spiro atoms. The van der Waals surface area contributed by atoms with E-state index in [1.54, 1.807) is 4.31 Å². The molecule has 2 aliphatic rings. The van der Waals surface area contributed by atoms with E-state index in [1.165, 1.54) is 4.31 Å². The maximum atomic E-state index is 12.6. The molecular weight excluding hydrogens is 252 g/mol. The molecule has 2 atom stereocenters. The van der Waals surface area contributed by atoms with Crippen LogP contribution in [0.3, 0.4) is 0 Å². The van der Waals surface area contributed by atoms with E-state index >= 15 is 0 Å². The zero-order chi connectivity index (χ0) is 13.2. The molecule has 5 nitrogen and oxygen atoms in total. The summed E-state index contributed by atoms with van der Waals surface area (Å²) in [5.41, 5.74) is 0. The first-order valence-electron chi connectivity index (χ1n) is 6.95. The smallest absolute Gasteiger partial charge is 0.282 e. The van der Waals surface area contributed by atoms with Crippen LogP contribution in [0, 0.1) is 5.92 Å². The standard InChI is InChI=1S/C12H24N2O3S/c1-11-6-5-9-14(12(11)10-15)18(16,17)13-7-3-2-4-8-13/h11-12,15H,2-10H2,1H3. The summed E-state index contributed by atoms with van der Waals surface area (Å²) in [4.78, 5) is 0. The highest BCUT2D eigenvalue weighted by Gasteiger charge is 2.39. The SMILES string of the molecule is CC1CCCN(S(=O)(=O)N2CCCCC2)C1CO. The fourth-order valence-corrected chi connectivity index (χ4v) is 5.01. The van der Waals surface area contributed by atoms with E-state index in [9.17, 15) is 13.5 Å². The van der Waals surface area contributed by atoms with Gasteiger partial charge in [-0.25, -0.2) is 0 Å². The Balaban J connectivity index is 2.16. The monoisotopic (exact) mass is 276 g/mol. The molecule has 0 saturated carbocycles. The van der Waals surface area contributed by atoms with Crippen molar-refractivity contribution >= 4 is 10.2 Å². The first kappa shape index (κ1) is 14.2. The van der Waals surface area contributed by atoms with E-state index in [0.29, 0.717) is 19.6 Å². The normalized spacial score (nSPS) is 32.6. The van der Waals surface area contributed by atoms with E-state index in [2.05, 4.69) is 0 Å². The molecule has 2 rings (SSSR count). The minimum Gasteiger partial charge on any atom is -0.395 e. The van der Waals surface area contributed by atoms with E-state index in [4.69, 9.17) is 0 Å². The molecule has 2 unspecified atom stereocenters.